The number of hydrogen-bond acceptors (Lipinski definition) is 4. The summed E-state index contributed by atoms with van der Waals surface area (Å²) >= 11 is 0. The van der Waals surface area contributed by atoms with E-state index in [-0.39, 0.29) is 6.04 Å². The number of aryl methyl sites for hydroxylation is 1. The van der Waals surface area contributed by atoms with E-state index < -0.39 is 0 Å². The summed E-state index contributed by atoms with van der Waals surface area (Å²) in [7, 11) is 2.10. The second kappa shape index (κ2) is 6.67. The smallest absolute Gasteiger partial charge is 0.125 e. The quantitative estimate of drug-likeness (QED) is 0.815. The van der Waals surface area contributed by atoms with Gasteiger partial charge in [0.25, 0.3) is 0 Å². The predicted molar refractivity (Wildman–Crippen MR) is 70.5 cm³/mol. The van der Waals surface area contributed by atoms with Crippen molar-refractivity contribution in [1.29, 1.82) is 0 Å². The van der Waals surface area contributed by atoms with Crippen LogP contribution in [0.25, 0.3) is 0 Å². The van der Waals surface area contributed by atoms with Crippen LogP contribution in [0.5, 0.6) is 0 Å². The van der Waals surface area contributed by atoms with E-state index in [0.717, 1.165) is 31.0 Å². The van der Waals surface area contributed by atoms with Crippen LogP contribution >= 0.6 is 0 Å². The Bertz CT molecular complexity index is 338. The van der Waals surface area contributed by atoms with Gasteiger partial charge in [0.15, 0.2) is 0 Å². The molecule has 0 aliphatic rings. The molecule has 1 rings (SSSR count). The summed E-state index contributed by atoms with van der Waals surface area (Å²) in [6, 6.07) is 2.25. The zero-order valence-corrected chi connectivity index (χ0v) is 11.3. The van der Waals surface area contributed by atoms with Gasteiger partial charge in [0.05, 0.1) is 5.69 Å². The first-order valence-corrected chi connectivity index (χ1v) is 6.21. The lowest BCUT2D eigenvalue weighted by Gasteiger charge is -2.21. The Labute approximate surface area is 104 Å². The Balaban J connectivity index is 2.37. The van der Waals surface area contributed by atoms with E-state index in [2.05, 4.69) is 35.8 Å². The van der Waals surface area contributed by atoms with E-state index in [4.69, 9.17) is 5.73 Å². The van der Waals surface area contributed by atoms with Crippen molar-refractivity contribution in [1.82, 2.24) is 14.9 Å². The molecule has 4 heteroatoms. The molecule has 0 aliphatic heterocycles. The number of rotatable bonds is 6. The highest BCUT2D eigenvalue weighted by Crippen LogP contribution is 2.05. The van der Waals surface area contributed by atoms with Crippen molar-refractivity contribution in [3.05, 3.63) is 23.8 Å². The molecule has 0 amide bonds. The third-order valence-corrected chi connectivity index (χ3v) is 2.97. The van der Waals surface area contributed by atoms with Crippen LogP contribution in [0.4, 0.5) is 0 Å². The molecule has 2 N–H and O–H groups in total. The van der Waals surface area contributed by atoms with Gasteiger partial charge in [0.2, 0.25) is 0 Å². The minimum absolute atomic E-state index is 0.282. The monoisotopic (exact) mass is 236 g/mol. The maximum Gasteiger partial charge on any atom is 0.125 e. The SMILES string of the molecule is Cc1nccc(CN(C)CCC(N)C(C)C)n1. The van der Waals surface area contributed by atoms with E-state index in [1.54, 1.807) is 0 Å². The average Bonchev–Trinajstić information content (AvgIpc) is 2.25. The number of nitrogens with two attached hydrogens (primary N) is 1. The first kappa shape index (κ1) is 14.1. The fourth-order valence-electron chi connectivity index (χ4n) is 1.65. The summed E-state index contributed by atoms with van der Waals surface area (Å²) in [5.41, 5.74) is 7.10. The van der Waals surface area contributed by atoms with Gasteiger partial charge in [-0.2, -0.15) is 0 Å². The zero-order chi connectivity index (χ0) is 12.8. The second-order valence-electron chi connectivity index (χ2n) is 5.03. The molecule has 0 radical (unpaired) electrons. The lowest BCUT2D eigenvalue weighted by Crippen LogP contribution is -2.31. The maximum absolute atomic E-state index is 6.03. The van der Waals surface area contributed by atoms with Crippen LogP contribution in [0.15, 0.2) is 12.3 Å². The lowest BCUT2D eigenvalue weighted by molar-refractivity contribution is 0.293. The van der Waals surface area contributed by atoms with Crippen molar-refractivity contribution in [2.75, 3.05) is 13.6 Å². The van der Waals surface area contributed by atoms with Gasteiger partial charge in [-0.3, -0.25) is 0 Å². The summed E-state index contributed by atoms with van der Waals surface area (Å²) < 4.78 is 0. The predicted octanol–water partition coefficient (Wildman–Crippen LogP) is 1.59. The van der Waals surface area contributed by atoms with Crippen LogP contribution < -0.4 is 5.73 Å². The Morgan fingerprint density at radius 2 is 2.12 bits per heavy atom. The standard InChI is InChI=1S/C13H24N4/c1-10(2)13(14)6-8-17(4)9-12-5-7-15-11(3)16-12/h5,7,10,13H,6,8-9,14H2,1-4H3. The third-order valence-electron chi connectivity index (χ3n) is 2.97. The molecular formula is C13H24N4. The molecule has 0 fully saturated rings. The normalized spacial score (nSPS) is 13.4. The highest BCUT2D eigenvalue weighted by atomic mass is 15.1. The average molecular weight is 236 g/mol. The third kappa shape index (κ3) is 5.24. The van der Waals surface area contributed by atoms with Gasteiger partial charge >= 0.3 is 0 Å². The van der Waals surface area contributed by atoms with Gasteiger partial charge in [-0.05, 0) is 38.9 Å². The summed E-state index contributed by atoms with van der Waals surface area (Å²) in [4.78, 5) is 10.7. The molecule has 0 saturated heterocycles. The van der Waals surface area contributed by atoms with Gasteiger partial charge < -0.3 is 10.6 Å². The summed E-state index contributed by atoms with van der Waals surface area (Å²) in [5, 5.41) is 0. The Morgan fingerprint density at radius 1 is 1.41 bits per heavy atom. The molecule has 0 aromatic carbocycles. The molecule has 1 heterocycles. The number of nitrogens with zero attached hydrogens (tertiary/aromatic N) is 3. The van der Waals surface area contributed by atoms with Crippen LogP contribution in [0, 0.1) is 12.8 Å². The molecular weight excluding hydrogens is 212 g/mol. The fraction of sp³-hybridized carbons (Fsp3) is 0.692. The van der Waals surface area contributed by atoms with E-state index in [1.807, 2.05) is 19.2 Å². The highest BCUT2D eigenvalue weighted by molar-refractivity contribution is 5.01. The Morgan fingerprint density at radius 3 is 2.71 bits per heavy atom. The topological polar surface area (TPSA) is 55.0 Å². The van der Waals surface area contributed by atoms with Crippen molar-refractivity contribution >= 4 is 0 Å². The van der Waals surface area contributed by atoms with Crippen molar-refractivity contribution in [2.24, 2.45) is 11.7 Å². The second-order valence-corrected chi connectivity index (χ2v) is 5.03. The molecule has 0 bridgehead atoms. The largest absolute Gasteiger partial charge is 0.327 e. The molecule has 4 nitrogen and oxygen atoms in total. The Hall–Kier alpha value is -1.00. The van der Waals surface area contributed by atoms with E-state index in [0.29, 0.717) is 5.92 Å². The molecule has 1 aromatic rings. The van der Waals surface area contributed by atoms with E-state index in [9.17, 15) is 0 Å². The van der Waals surface area contributed by atoms with Gasteiger partial charge in [-0.1, -0.05) is 13.8 Å². The molecule has 1 atom stereocenters. The van der Waals surface area contributed by atoms with Crippen molar-refractivity contribution in [2.45, 2.75) is 39.8 Å². The fourth-order valence-corrected chi connectivity index (χ4v) is 1.65. The Kier molecular flexibility index (Phi) is 5.51. The minimum Gasteiger partial charge on any atom is -0.327 e. The van der Waals surface area contributed by atoms with Gasteiger partial charge in [0.1, 0.15) is 5.82 Å². The van der Waals surface area contributed by atoms with Crippen LogP contribution in [0.3, 0.4) is 0 Å². The molecule has 0 spiro atoms. The molecule has 0 aliphatic carbocycles. The van der Waals surface area contributed by atoms with E-state index >= 15 is 0 Å². The lowest BCUT2D eigenvalue weighted by atomic mass is 10.0. The first-order valence-electron chi connectivity index (χ1n) is 6.21. The van der Waals surface area contributed by atoms with Gasteiger partial charge in [0, 0.05) is 18.8 Å². The van der Waals surface area contributed by atoms with Crippen LogP contribution in [0.1, 0.15) is 31.8 Å². The molecule has 0 saturated carbocycles. The first-order chi connectivity index (χ1) is 7.99. The minimum atomic E-state index is 0.282. The van der Waals surface area contributed by atoms with Crippen molar-refractivity contribution < 1.29 is 0 Å². The van der Waals surface area contributed by atoms with E-state index in [1.165, 1.54) is 0 Å². The van der Waals surface area contributed by atoms with Crippen molar-refractivity contribution in [3.63, 3.8) is 0 Å². The summed E-state index contributed by atoms with van der Waals surface area (Å²) in [6.45, 7) is 8.10. The maximum atomic E-state index is 6.03. The van der Waals surface area contributed by atoms with Gasteiger partial charge in [-0.15, -0.1) is 0 Å². The number of hydrogen-bond donors (Lipinski definition) is 1. The van der Waals surface area contributed by atoms with Crippen LogP contribution in [0.2, 0.25) is 0 Å². The highest BCUT2D eigenvalue weighted by Gasteiger charge is 2.09. The summed E-state index contributed by atoms with van der Waals surface area (Å²) in [5.74, 6) is 1.37. The van der Waals surface area contributed by atoms with Crippen LogP contribution in [-0.4, -0.2) is 34.5 Å². The van der Waals surface area contributed by atoms with Crippen LogP contribution in [-0.2, 0) is 6.54 Å². The zero-order valence-electron chi connectivity index (χ0n) is 11.3. The summed E-state index contributed by atoms with van der Waals surface area (Å²) in [6.07, 6.45) is 2.84. The molecule has 1 aromatic heterocycles. The molecule has 17 heavy (non-hydrogen) atoms. The number of aromatic nitrogens is 2. The molecule has 96 valence electrons. The van der Waals surface area contributed by atoms with Crippen molar-refractivity contribution in [3.8, 4) is 0 Å². The molecule has 1 unspecified atom stereocenters. The van der Waals surface area contributed by atoms with Gasteiger partial charge in [-0.25, -0.2) is 9.97 Å².